The van der Waals surface area contributed by atoms with Crippen molar-refractivity contribution in [1.29, 1.82) is 0 Å². The molecule has 0 saturated carbocycles. The first-order valence-electron chi connectivity index (χ1n) is 8.80. The number of pyridine rings is 1. The van der Waals surface area contributed by atoms with Gasteiger partial charge in [-0.05, 0) is 37.7 Å². The van der Waals surface area contributed by atoms with Crippen LogP contribution in [-0.4, -0.2) is 53.2 Å². The Bertz CT molecular complexity index is 673. The summed E-state index contributed by atoms with van der Waals surface area (Å²) < 4.78 is 6.17. The molecule has 1 fully saturated rings. The molecule has 1 unspecified atom stereocenters. The van der Waals surface area contributed by atoms with Gasteiger partial charge in [0.2, 0.25) is 0 Å². The van der Waals surface area contributed by atoms with Crippen LogP contribution in [0.1, 0.15) is 23.2 Å². The molecule has 1 aromatic carbocycles. The molecule has 1 aliphatic heterocycles. The molecule has 5 nitrogen and oxygen atoms in total. The second-order valence-electron chi connectivity index (χ2n) is 6.96. The molecule has 0 radical (unpaired) electrons. The number of aliphatic hydroxyl groups is 1. The quantitative estimate of drug-likeness (QED) is 0.837. The fourth-order valence-electron chi connectivity index (χ4n) is 3.18. The monoisotopic (exact) mass is 341 g/mol. The van der Waals surface area contributed by atoms with Crippen LogP contribution in [-0.2, 0) is 19.7 Å². The second kappa shape index (κ2) is 8.43. The number of likely N-dealkylation sites (tertiary alicyclic amines) is 1. The van der Waals surface area contributed by atoms with Crippen molar-refractivity contribution < 1.29 is 9.84 Å². The first-order valence-corrected chi connectivity index (χ1v) is 8.80. The normalized spacial score (nSPS) is 18.0. The number of nitrogens with zero attached hydrogens (tertiary/aromatic N) is 3. The molecule has 134 valence electrons. The van der Waals surface area contributed by atoms with Crippen molar-refractivity contribution in [3.63, 3.8) is 0 Å². The summed E-state index contributed by atoms with van der Waals surface area (Å²) in [5, 5.41) is 9.12. The minimum absolute atomic E-state index is 0.0989. The third-order valence-electron chi connectivity index (χ3n) is 4.41. The lowest BCUT2D eigenvalue weighted by Gasteiger charge is -2.17. The van der Waals surface area contributed by atoms with Gasteiger partial charge in [-0.2, -0.15) is 0 Å². The van der Waals surface area contributed by atoms with E-state index in [0.717, 1.165) is 49.6 Å². The van der Waals surface area contributed by atoms with Gasteiger partial charge in [0, 0.05) is 38.4 Å². The lowest BCUT2D eigenvalue weighted by molar-refractivity contribution is 0.198. The number of hydrogen-bond acceptors (Lipinski definition) is 5. The molecule has 0 amide bonds. The molecule has 3 rings (SSSR count). The maximum Gasteiger partial charge on any atom is 0.123 e. The van der Waals surface area contributed by atoms with E-state index >= 15 is 0 Å². The topological polar surface area (TPSA) is 48.8 Å². The van der Waals surface area contributed by atoms with Crippen LogP contribution in [0.2, 0.25) is 0 Å². The van der Waals surface area contributed by atoms with Gasteiger partial charge in [0.1, 0.15) is 11.9 Å². The molecule has 0 spiro atoms. The lowest BCUT2D eigenvalue weighted by atomic mass is 10.1. The van der Waals surface area contributed by atoms with E-state index in [0.29, 0.717) is 0 Å². The predicted molar refractivity (Wildman–Crippen MR) is 98.3 cm³/mol. The molecule has 1 atom stereocenters. The first-order chi connectivity index (χ1) is 12.1. The Kier molecular flexibility index (Phi) is 6.02. The largest absolute Gasteiger partial charge is 0.489 e. The predicted octanol–water partition coefficient (Wildman–Crippen LogP) is 2.29. The van der Waals surface area contributed by atoms with Crippen molar-refractivity contribution in [3.8, 4) is 5.75 Å². The van der Waals surface area contributed by atoms with Gasteiger partial charge in [0.05, 0.1) is 12.3 Å². The van der Waals surface area contributed by atoms with Crippen LogP contribution in [0.4, 0.5) is 0 Å². The molecule has 2 aromatic rings. The van der Waals surface area contributed by atoms with E-state index in [1.165, 1.54) is 5.56 Å². The van der Waals surface area contributed by atoms with Crippen molar-refractivity contribution in [3.05, 3.63) is 59.4 Å². The van der Waals surface area contributed by atoms with Gasteiger partial charge in [0.25, 0.3) is 0 Å². The van der Waals surface area contributed by atoms with Crippen LogP contribution in [0.25, 0.3) is 0 Å². The zero-order valence-electron chi connectivity index (χ0n) is 15.1. The third-order valence-corrected chi connectivity index (χ3v) is 4.41. The van der Waals surface area contributed by atoms with Gasteiger partial charge < -0.3 is 14.7 Å². The smallest absolute Gasteiger partial charge is 0.123 e. The number of hydrogen-bond donors (Lipinski definition) is 1. The van der Waals surface area contributed by atoms with Crippen molar-refractivity contribution >= 4 is 0 Å². The molecule has 1 saturated heterocycles. The molecule has 1 N–H and O–H groups in total. The lowest BCUT2D eigenvalue weighted by Crippen LogP contribution is -2.24. The zero-order valence-corrected chi connectivity index (χ0v) is 15.1. The second-order valence-corrected chi connectivity index (χ2v) is 6.96. The van der Waals surface area contributed by atoms with Gasteiger partial charge in [-0.15, -0.1) is 0 Å². The number of rotatable bonds is 7. The van der Waals surface area contributed by atoms with Crippen LogP contribution in [0.15, 0.2) is 42.6 Å². The minimum Gasteiger partial charge on any atom is -0.489 e. The van der Waals surface area contributed by atoms with Gasteiger partial charge in [-0.25, -0.2) is 0 Å². The highest BCUT2D eigenvalue weighted by atomic mass is 16.5. The standard InChI is InChI=1S/C20H27N3O2/c1-22(2)13-18-11-19(7-9-21-18)25-20-8-10-23(14-20)12-16-3-5-17(15-24)6-4-16/h3-7,9,11,20,24H,8,10,12-15H2,1-2H3. The summed E-state index contributed by atoms with van der Waals surface area (Å²) in [5.41, 5.74) is 3.26. The Balaban J connectivity index is 1.52. The Morgan fingerprint density at radius 3 is 2.68 bits per heavy atom. The molecule has 2 heterocycles. The van der Waals surface area contributed by atoms with E-state index in [-0.39, 0.29) is 12.7 Å². The molecule has 1 aliphatic rings. The van der Waals surface area contributed by atoms with E-state index in [1.807, 2.05) is 44.6 Å². The Labute approximate surface area is 149 Å². The summed E-state index contributed by atoms with van der Waals surface area (Å²) in [4.78, 5) is 8.91. The highest BCUT2D eigenvalue weighted by Crippen LogP contribution is 2.20. The molecule has 1 aromatic heterocycles. The number of aromatic nitrogens is 1. The van der Waals surface area contributed by atoms with Crippen molar-refractivity contribution in [2.45, 2.75) is 32.2 Å². The van der Waals surface area contributed by atoms with E-state index in [2.05, 4.69) is 26.9 Å². The Morgan fingerprint density at radius 2 is 1.96 bits per heavy atom. The van der Waals surface area contributed by atoms with E-state index < -0.39 is 0 Å². The fraction of sp³-hybridized carbons (Fsp3) is 0.450. The number of aliphatic hydroxyl groups excluding tert-OH is 1. The molecular weight excluding hydrogens is 314 g/mol. The molecule has 5 heteroatoms. The van der Waals surface area contributed by atoms with E-state index in [9.17, 15) is 0 Å². The summed E-state index contributed by atoms with van der Waals surface area (Å²) in [6, 6.07) is 12.1. The van der Waals surface area contributed by atoms with Crippen molar-refractivity contribution in [2.24, 2.45) is 0 Å². The van der Waals surface area contributed by atoms with Crippen LogP contribution < -0.4 is 4.74 Å². The fourth-order valence-corrected chi connectivity index (χ4v) is 3.18. The Morgan fingerprint density at radius 1 is 1.20 bits per heavy atom. The van der Waals surface area contributed by atoms with Crippen LogP contribution in [0.3, 0.4) is 0 Å². The number of ether oxygens (including phenoxy) is 1. The van der Waals surface area contributed by atoms with E-state index in [1.54, 1.807) is 0 Å². The summed E-state index contributed by atoms with van der Waals surface area (Å²) in [6.07, 6.45) is 3.09. The summed E-state index contributed by atoms with van der Waals surface area (Å²) in [6.45, 7) is 3.82. The SMILES string of the molecule is CN(C)Cc1cc(OC2CCN(Cc3ccc(CO)cc3)C2)ccn1. The molecule has 25 heavy (non-hydrogen) atoms. The first kappa shape index (κ1) is 17.9. The average Bonchev–Trinajstić information content (AvgIpc) is 3.02. The van der Waals surface area contributed by atoms with Crippen LogP contribution >= 0.6 is 0 Å². The van der Waals surface area contributed by atoms with Gasteiger partial charge in [0.15, 0.2) is 0 Å². The van der Waals surface area contributed by atoms with Gasteiger partial charge in [-0.1, -0.05) is 24.3 Å². The van der Waals surface area contributed by atoms with E-state index in [4.69, 9.17) is 9.84 Å². The minimum atomic E-state index is 0.0989. The maximum atomic E-state index is 9.12. The zero-order chi connectivity index (χ0) is 17.6. The maximum absolute atomic E-state index is 9.12. The highest BCUT2D eigenvalue weighted by molar-refractivity contribution is 5.24. The summed E-state index contributed by atoms with van der Waals surface area (Å²) in [7, 11) is 4.08. The van der Waals surface area contributed by atoms with Crippen molar-refractivity contribution in [1.82, 2.24) is 14.8 Å². The van der Waals surface area contributed by atoms with Crippen LogP contribution in [0, 0.1) is 0 Å². The van der Waals surface area contributed by atoms with Gasteiger partial charge in [-0.3, -0.25) is 9.88 Å². The third kappa shape index (κ3) is 5.26. The van der Waals surface area contributed by atoms with Gasteiger partial charge >= 0.3 is 0 Å². The molecule has 0 aliphatic carbocycles. The highest BCUT2D eigenvalue weighted by Gasteiger charge is 2.24. The number of benzene rings is 1. The Hall–Kier alpha value is -1.95. The van der Waals surface area contributed by atoms with Crippen LogP contribution in [0.5, 0.6) is 5.75 Å². The van der Waals surface area contributed by atoms with Crippen molar-refractivity contribution in [2.75, 3.05) is 27.2 Å². The average molecular weight is 341 g/mol. The summed E-state index contributed by atoms with van der Waals surface area (Å²) in [5.74, 6) is 0.908. The summed E-state index contributed by atoms with van der Waals surface area (Å²) >= 11 is 0. The molecule has 0 bridgehead atoms. The molecular formula is C20H27N3O2.